The van der Waals surface area contributed by atoms with Gasteiger partial charge in [-0.05, 0) is 65.5 Å². The van der Waals surface area contributed by atoms with Crippen molar-refractivity contribution in [2.75, 3.05) is 13.1 Å². The minimum atomic E-state index is -0.852. The summed E-state index contributed by atoms with van der Waals surface area (Å²) in [5.41, 5.74) is 0.149. The van der Waals surface area contributed by atoms with Crippen LogP contribution in [-0.2, 0) is 19.2 Å². The van der Waals surface area contributed by atoms with E-state index in [0.717, 1.165) is 5.56 Å². The Kier molecular flexibility index (Phi) is 7.37. The van der Waals surface area contributed by atoms with Crippen molar-refractivity contribution < 1.29 is 23.6 Å². The fourth-order valence-electron chi connectivity index (χ4n) is 7.00. The fraction of sp³-hybridized carbons (Fsp3) is 0.645. The summed E-state index contributed by atoms with van der Waals surface area (Å²) in [7, 11) is 0. The van der Waals surface area contributed by atoms with Gasteiger partial charge in [-0.1, -0.05) is 46.8 Å². The maximum Gasteiger partial charge on any atom is 0.246 e. The van der Waals surface area contributed by atoms with E-state index in [9.17, 15) is 28.8 Å². The van der Waals surface area contributed by atoms with Crippen LogP contribution in [0.15, 0.2) is 24.3 Å². The number of nitrogens with zero attached hydrogens (tertiary/aromatic N) is 2. The summed E-state index contributed by atoms with van der Waals surface area (Å²) in [6, 6.07) is 5.81. The van der Waals surface area contributed by atoms with Gasteiger partial charge in [-0.2, -0.15) is 5.26 Å². The van der Waals surface area contributed by atoms with Crippen molar-refractivity contribution >= 4 is 23.6 Å². The van der Waals surface area contributed by atoms with Gasteiger partial charge in [0.05, 0.1) is 6.07 Å². The minimum Gasteiger partial charge on any atom is -0.356 e. The number of hydrogen-bond acceptors (Lipinski definition) is 5. The fourth-order valence-corrected chi connectivity index (χ4v) is 7.00. The zero-order valence-corrected chi connectivity index (χ0v) is 24.4. The molecule has 0 spiro atoms. The van der Waals surface area contributed by atoms with Gasteiger partial charge < -0.3 is 20.9 Å². The number of carbonyl (C=O) groups is 4. The zero-order chi connectivity index (χ0) is 29.9. The van der Waals surface area contributed by atoms with Crippen molar-refractivity contribution in [3.05, 3.63) is 35.6 Å². The van der Waals surface area contributed by atoms with Crippen molar-refractivity contribution in [2.24, 2.45) is 34.5 Å². The predicted octanol–water partition coefficient (Wildman–Crippen LogP) is 2.48. The van der Waals surface area contributed by atoms with Gasteiger partial charge in [-0.15, -0.1) is 0 Å². The van der Waals surface area contributed by atoms with Crippen molar-refractivity contribution in [3.8, 4) is 6.07 Å². The number of amides is 4. The summed E-state index contributed by atoms with van der Waals surface area (Å²) < 4.78 is 13.3. The smallest absolute Gasteiger partial charge is 0.246 e. The number of halogens is 1. The lowest BCUT2D eigenvalue weighted by Gasteiger charge is -2.38. The molecule has 0 aromatic heterocycles. The molecule has 0 bridgehead atoms. The van der Waals surface area contributed by atoms with E-state index in [0.29, 0.717) is 25.9 Å². The quantitative estimate of drug-likeness (QED) is 0.446. The van der Waals surface area contributed by atoms with Gasteiger partial charge in [-0.3, -0.25) is 19.2 Å². The molecule has 8 atom stereocenters. The van der Waals surface area contributed by atoms with Crippen LogP contribution in [0.4, 0.5) is 4.39 Å². The lowest BCUT2D eigenvalue weighted by Crippen LogP contribution is -2.60. The Morgan fingerprint density at radius 2 is 1.85 bits per heavy atom. The van der Waals surface area contributed by atoms with E-state index < -0.39 is 23.5 Å². The molecule has 0 unspecified atom stereocenters. The first-order valence-electron chi connectivity index (χ1n) is 14.6. The second kappa shape index (κ2) is 10.4. The average Bonchev–Trinajstić information content (AvgIpc) is 3.65. The summed E-state index contributed by atoms with van der Waals surface area (Å²) in [6.07, 6.45) is 1.47. The second-order valence-corrected chi connectivity index (χ2v) is 13.9. The minimum absolute atomic E-state index is 0.0186. The normalized spacial score (nSPS) is 30.9. The lowest BCUT2D eigenvalue weighted by molar-refractivity contribution is -0.145. The SMILES string of the molecule is CC(C)(C)[C@H](NC(=O)[C@@H]1C[C@H]1c1ccc(F)cc1)C(=O)N1C[C@H]2[C@@H]([C@H]1C(=O)N[C@H](C#N)C[C@@H]1CCNC1=O)C2(C)C. The number of rotatable bonds is 8. The Hall–Kier alpha value is -3.48. The largest absolute Gasteiger partial charge is 0.356 e. The van der Waals surface area contributed by atoms with Gasteiger partial charge in [0.1, 0.15) is 23.9 Å². The van der Waals surface area contributed by atoms with Crippen LogP contribution < -0.4 is 16.0 Å². The van der Waals surface area contributed by atoms with E-state index in [4.69, 9.17) is 0 Å². The van der Waals surface area contributed by atoms with Crippen LogP contribution >= 0.6 is 0 Å². The molecule has 0 radical (unpaired) electrons. The molecular weight excluding hydrogens is 525 g/mol. The van der Waals surface area contributed by atoms with Gasteiger partial charge in [0.25, 0.3) is 0 Å². The molecule has 2 aliphatic carbocycles. The first-order chi connectivity index (χ1) is 19.2. The van der Waals surface area contributed by atoms with Gasteiger partial charge in [0, 0.05) is 24.9 Å². The lowest BCUT2D eigenvalue weighted by atomic mass is 9.85. The summed E-state index contributed by atoms with van der Waals surface area (Å²) in [5, 5.41) is 18.3. The summed E-state index contributed by atoms with van der Waals surface area (Å²) in [4.78, 5) is 54.7. The maximum atomic E-state index is 14.1. The van der Waals surface area contributed by atoms with Gasteiger partial charge in [-0.25, -0.2) is 4.39 Å². The number of likely N-dealkylation sites (tertiary alicyclic amines) is 1. The number of carbonyl (C=O) groups excluding carboxylic acids is 4. The molecule has 2 saturated carbocycles. The first-order valence-corrected chi connectivity index (χ1v) is 14.6. The summed E-state index contributed by atoms with van der Waals surface area (Å²) in [6.45, 7) is 10.8. The number of piperidine rings is 1. The van der Waals surface area contributed by atoms with E-state index in [1.807, 2.05) is 20.8 Å². The van der Waals surface area contributed by atoms with Gasteiger partial charge in [0.2, 0.25) is 23.6 Å². The molecule has 10 heteroatoms. The number of benzene rings is 1. The molecular formula is C31H40FN5O4. The highest BCUT2D eigenvalue weighted by Crippen LogP contribution is 2.65. The van der Waals surface area contributed by atoms with Crippen molar-refractivity contribution in [1.29, 1.82) is 5.26 Å². The molecule has 1 aromatic carbocycles. The molecule has 41 heavy (non-hydrogen) atoms. The Labute approximate surface area is 240 Å². The van der Waals surface area contributed by atoms with Crippen LogP contribution in [0.5, 0.6) is 0 Å². The van der Waals surface area contributed by atoms with Gasteiger partial charge >= 0.3 is 0 Å². The van der Waals surface area contributed by atoms with E-state index in [1.54, 1.807) is 17.0 Å². The summed E-state index contributed by atoms with van der Waals surface area (Å²) in [5.74, 6) is -1.91. The number of fused-ring (bicyclic) bond motifs is 1. The Morgan fingerprint density at radius 3 is 2.44 bits per heavy atom. The molecule has 2 aliphatic heterocycles. The number of nitrogens with one attached hydrogen (secondary N) is 3. The molecule has 9 nitrogen and oxygen atoms in total. The van der Waals surface area contributed by atoms with Crippen LogP contribution in [-0.4, -0.2) is 59.7 Å². The third kappa shape index (κ3) is 5.55. The maximum absolute atomic E-state index is 14.1. The molecule has 2 saturated heterocycles. The highest BCUT2D eigenvalue weighted by Gasteiger charge is 2.70. The molecule has 4 fully saturated rings. The number of nitriles is 1. The topological polar surface area (TPSA) is 131 Å². The molecule has 2 heterocycles. The summed E-state index contributed by atoms with van der Waals surface area (Å²) >= 11 is 0. The monoisotopic (exact) mass is 565 g/mol. The van der Waals surface area contributed by atoms with E-state index >= 15 is 0 Å². The Morgan fingerprint density at radius 1 is 1.17 bits per heavy atom. The van der Waals surface area contributed by atoms with E-state index in [1.165, 1.54) is 12.1 Å². The average molecular weight is 566 g/mol. The van der Waals surface area contributed by atoms with Crippen LogP contribution in [0.25, 0.3) is 0 Å². The van der Waals surface area contributed by atoms with Crippen LogP contribution in [0.2, 0.25) is 0 Å². The molecule has 4 amide bonds. The molecule has 3 N–H and O–H groups in total. The Bertz CT molecular complexity index is 1280. The van der Waals surface area contributed by atoms with E-state index in [2.05, 4.69) is 35.9 Å². The Balaban J connectivity index is 1.29. The predicted molar refractivity (Wildman–Crippen MR) is 148 cm³/mol. The van der Waals surface area contributed by atoms with Gasteiger partial charge in [0.15, 0.2) is 0 Å². The van der Waals surface area contributed by atoms with E-state index in [-0.39, 0.29) is 70.9 Å². The van der Waals surface area contributed by atoms with Crippen LogP contribution in [0.3, 0.4) is 0 Å². The third-order valence-corrected chi connectivity index (χ3v) is 9.74. The molecule has 4 aliphatic rings. The van der Waals surface area contributed by atoms with Crippen molar-refractivity contribution in [3.63, 3.8) is 0 Å². The van der Waals surface area contributed by atoms with Crippen LogP contribution in [0, 0.1) is 51.6 Å². The van der Waals surface area contributed by atoms with Crippen molar-refractivity contribution in [2.45, 2.75) is 77.9 Å². The zero-order valence-electron chi connectivity index (χ0n) is 24.4. The highest BCUT2D eigenvalue weighted by molar-refractivity contribution is 5.95. The molecule has 1 aromatic rings. The number of hydrogen-bond donors (Lipinski definition) is 3. The first kappa shape index (κ1) is 29.0. The highest BCUT2D eigenvalue weighted by atomic mass is 19.1. The third-order valence-electron chi connectivity index (χ3n) is 9.74. The second-order valence-electron chi connectivity index (χ2n) is 13.9. The molecule has 5 rings (SSSR count). The molecule has 220 valence electrons. The van der Waals surface area contributed by atoms with Crippen molar-refractivity contribution in [1.82, 2.24) is 20.9 Å². The van der Waals surface area contributed by atoms with Crippen LogP contribution in [0.1, 0.15) is 65.4 Å². The standard InChI is InChI=1S/C31H40FN5O4/c1-30(2,3)25(36-27(39)21-13-20(21)16-6-8-18(32)9-7-16)29(41)37-15-22-23(31(22,4)5)24(37)28(40)35-19(14-33)12-17-10-11-34-26(17)38/h6-9,17,19-25H,10-13,15H2,1-5H3,(H,34,38)(H,35,40)(H,36,39)/t17-,19-,20-,21+,22-,23-,24-,25+/m0/s1.